The monoisotopic (exact) mass is 320 g/mol. The summed E-state index contributed by atoms with van der Waals surface area (Å²) in [6, 6.07) is 8.49. The first-order valence-corrected chi connectivity index (χ1v) is 8.31. The summed E-state index contributed by atoms with van der Waals surface area (Å²) in [6.45, 7) is 11.3. The van der Waals surface area contributed by atoms with Gasteiger partial charge >= 0.3 is 6.09 Å². The minimum absolute atomic E-state index is 0.0674. The molecular weight excluding hydrogens is 290 g/mol. The zero-order chi connectivity index (χ0) is 17.3. The molecule has 2 rings (SSSR count). The topological polar surface area (TPSA) is 52.6 Å². The van der Waals surface area contributed by atoms with Gasteiger partial charge < -0.3 is 10.4 Å². The summed E-state index contributed by atoms with van der Waals surface area (Å²) >= 11 is 0. The molecular formula is C18H30N3O2+. The summed E-state index contributed by atoms with van der Waals surface area (Å²) in [4.78, 5) is 14.4. The zero-order valence-corrected chi connectivity index (χ0v) is 15.0. The Hall–Kier alpha value is -1.59. The Morgan fingerprint density at radius 1 is 1.35 bits per heavy atom. The number of piperazine rings is 1. The molecule has 0 spiro atoms. The van der Waals surface area contributed by atoms with E-state index in [4.69, 9.17) is 0 Å². The molecule has 23 heavy (non-hydrogen) atoms. The zero-order valence-electron chi connectivity index (χ0n) is 15.0. The van der Waals surface area contributed by atoms with Gasteiger partial charge in [-0.3, -0.25) is 4.90 Å². The molecule has 0 bridgehead atoms. The van der Waals surface area contributed by atoms with Crippen molar-refractivity contribution in [2.75, 3.05) is 32.0 Å². The Morgan fingerprint density at radius 3 is 2.39 bits per heavy atom. The molecule has 0 aliphatic carbocycles. The van der Waals surface area contributed by atoms with Crippen molar-refractivity contribution >= 4 is 11.8 Å². The molecule has 5 nitrogen and oxygen atoms in total. The molecule has 1 heterocycles. The maximum atomic E-state index is 12.0. The summed E-state index contributed by atoms with van der Waals surface area (Å²) in [5.74, 6) is 0. The summed E-state index contributed by atoms with van der Waals surface area (Å²) in [5.41, 5.74) is 2.07. The highest BCUT2D eigenvalue weighted by molar-refractivity contribution is 5.58. The molecule has 1 aliphatic heterocycles. The number of hydrogen-bond donors (Lipinski definition) is 2. The van der Waals surface area contributed by atoms with E-state index in [1.54, 1.807) is 0 Å². The summed E-state index contributed by atoms with van der Waals surface area (Å²) < 4.78 is 0.141. The van der Waals surface area contributed by atoms with Gasteiger partial charge in [-0.25, -0.2) is 4.48 Å². The van der Waals surface area contributed by atoms with Crippen molar-refractivity contribution in [3.05, 3.63) is 29.8 Å². The number of nitrogens with one attached hydrogen (secondary N) is 1. The molecule has 5 heteroatoms. The Kier molecular flexibility index (Phi) is 5.01. The lowest BCUT2D eigenvalue weighted by molar-refractivity contribution is -0.929. The van der Waals surface area contributed by atoms with Crippen LogP contribution in [0.4, 0.5) is 10.5 Å². The highest BCUT2D eigenvalue weighted by atomic mass is 16.4. The van der Waals surface area contributed by atoms with Crippen LogP contribution in [0.15, 0.2) is 24.3 Å². The van der Waals surface area contributed by atoms with Crippen molar-refractivity contribution in [1.29, 1.82) is 0 Å². The van der Waals surface area contributed by atoms with Gasteiger partial charge in [-0.15, -0.1) is 0 Å². The van der Waals surface area contributed by atoms with Crippen LogP contribution in [0.2, 0.25) is 0 Å². The van der Waals surface area contributed by atoms with Crippen LogP contribution in [0, 0.1) is 0 Å². The number of amides is 1. The number of carbonyl (C=O) groups is 1. The Labute approximate surface area is 139 Å². The second-order valence-corrected chi connectivity index (χ2v) is 7.58. The van der Waals surface area contributed by atoms with E-state index in [9.17, 15) is 9.90 Å². The number of carboxylic acid groups (broad SMARTS) is 1. The van der Waals surface area contributed by atoms with Crippen molar-refractivity contribution in [2.24, 2.45) is 0 Å². The lowest BCUT2D eigenvalue weighted by atomic mass is 9.95. The number of anilines is 1. The third-order valence-corrected chi connectivity index (χ3v) is 5.23. The van der Waals surface area contributed by atoms with Crippen molar-refractivity contribution < 1.29 is 14.4 Å². The minimum Gasteiger partial charge on any atom is -0.435 e. The maximum Gasteiger partial charge on any atom is 0.514 e. The third kappa shape index (κ3) is 3.35. The van der Waals surface area contributed by atoms with E-state index in [0.717, 1.165) is 25.3 Å². The highest BCUT2D eigenvalue weighted by Gasteiger charge is 2.54. The highest BCUT2D eigenvalue weighted by Crippen LogP contribution is 2.32. The first-order chi connectivity index (χ1) is 10.7. The van der Waals surface area contributed by atoms with Gasteiger partial charge in [-0.1, -0.05) is 12.1 Å². The molecule has 1 saturated heterocycles. The fourth-order valence-corrected chi connectivity index (χ4v) is 3.87. The van der Waals surface area contributed by atoms with E-state index in [1.165, 1.54) is 5.56 Å². The van der Waals surface area contributed by atoms with Crippen LogP contribution in [0.5, 0.6) is 0 Å². The van der Waals surface area contributed by atoms with Gasteiger partial charge in [-0.05, 0) is 45.4 Å². The molecule has 1 amide bonds. The van der Waals surface area contributed by atoms with Gasteiger partial charge in [0.25, 0.3) is 0 Å². The molecule has 0 radical (unpaired) electrons. The van der Waals surface area contributed by atoms with Crippen LogP contribution in [0.1, 0.15) is 33.3 Å². The van der Waals surface area contributed by atoms with Gasteiger partial charge in [0.1, 0.15) is 18.1 Å². The molecule has 128 valence electrons. The first-order valence-electron chi connectivity index (χ1n) is 8.31. The van der Waals surface area contributed by atoms with Crippen LogP contribution < -0.4 is 5.32 Å². The number of quaternary nitrogens is 1. The molecule has 0 aromatic heterocycles. The van der Waals surface area contributed by atoms with Crippen LogP contribution in [-0.2, 0) is 6.54 Å². The molecule has 0 saturated carbocycles. The predicted molar refractivity (Wildman–Crippen MR) is 93.6 cm³/mol. The Morgan fingerprint density at radius 2 is 1.96 bits per heavy atom. The average molecular weight is 320 g/mol. The van der Waals surface area contributed by atoms with Gasteiger partial charge in [0.05, 0.1) is 6.54 Å². The first kappa shape index (κ1) is 17.8. The molecule has 1 unspecified atom stereocenters. The molecule has 1 aromatic carbocycles. The fourth-order valence-electron chi connectivity index (χ4n) is 3.87. The summed E-state index contributed by atoms with van der Waals surface area (Å²) in [6.07, 6.45) is -0.706. The third-order valence-electron chi connectivity index (χ3n) is 5.23. The van der Waals surface area contributed by atoms with E-state index in [2.05, 4.69) is 41.4 Å². The van der Waals surface area contributed by atoms with Crippen LogP contribution >= 0.6 is 0 Å². The van der Waals surface area contributed by atoms with E-state index >= 15 is 0 Å². The van der Waals surface area contributed by atoms with E-state index in [1.807, 2.05) is 27.8 Å². The lowest BCUT2D eigenvalue weighted by Gasteiger charge is -2.52. The quantitative estimate of drug-likeness (QED) is 0.840. The fraction of sp³-hybridized carbons (Fsp3) is 0.611. The smallest absolute Gasteiger partial charge is 0.435 e. The van der Waals surface area contributed by atoms with Gasteiger partial charge in [0.2, 0.25) is 0 Å². The number of benzene rings is 1. The van der Waals surface area contributed by atoms with E-state index in [-0.39, 0.29) is 16.1 Å². The van der Waals surface area contributed by atoms with Gasteiger partial charge in [0.15, 0.2) is 0 Å². The second-order valence-electron chi connectivity index (χ2n) is 7.58. The van der Waals surface area contributed by atoms with Gasteiger partial charge in [-0.2, -0.15) is 4.79 Å². The van der Waals surface area contributed by atoms with Crippen LogP contribution in [0.25, 0.3) is 0 Å². The molecule has 2 atom stereocenters. The summed E-state index contributed by atoms with van der Waals surface area (Å²) in [7, 11) is 1.91. The van der Waals surface area contributed by atoms with Gasteiger partial charge in [0, 0.05) is 25.8 Å². The number of nitrogens with zero attached hydrogens (tertiary/aromatic N) is 2. The van der Waals surface area contributed by atoms with Crippen molar-refractivity contribution in [3.63, 3.8) is 0 Å². The van der Waals surface area contributed by atoms with E-state index in [0.29, 0.717) is 6.54 Å². The minimum atomic E-state index is -0.706. The standard InChI is InChI=1S/C18H29N3O2/c1-14-12-20(13-15-6-8-16(19-5)9-7-15)10-11-21(14,17(22)23)18(2,3)4/h6-9,14,19H,10-13H2,1-5H3/p+1/t14-,21?/m0/s1. The Bertz CT molecular complexity index is 550. The van der Waals surface area contributed by atoms with Crippen molar-refractivity contribution in [2.45, 2.75) is 45.8 Å². The number of hydrogen-bond acceptors (Lipinski definition) is 3. The lowest BCUT2D eigenvalue weighted by Crippen LogP contribution is -2.73. The maximum absolute atomic E-state index is 12.0. The number of rotatable bonds is 3. The molecule has 2 N–H and O–H groups in total. The SMILES string of the molecule is CNc1ccc(CN2CC[N+](C(=O)O)(C(C)(C)C)[C@@H](C)C2)cc1. The largest absolute Gasteiger partial charge is 0.514 e. The average Bonchev–Trinajstić information content (AvgIpc) is 2.46. The predicted octanol–water partition coefficient (Wildman–Crippen LogP) is 3.23. The molecule has 1 aromatic rings. The van der Waals surface area contributed by atoms with Crippen molar-refractivity contribution in [3.8, 4) is 0 Å². The van der Waals surface area contributed by atoms with Crippen LogP contribution in [0.3, 0.4) is 0 Å². The Balaban J connectivity index is 2.09. The molecule has 1 aliphatic rings. The van der Waals surface area contributed by atoms with E-state index < -0.39 is 6.09 Å². The second kappa shape index (κ2) is 6.49. The van der Waals surface area contributed by atoms with Crippen LogP contribution in [-0.4, -0.2) is 58.8 Å². The molecule has 1 fully saturated rings. The van der Waals surface area contributed by atoms with Crippen molar-refractivity contribution in [1.82, 2.24) is 4.90 Å². The normalized spacial score (nSPS) is 26.0. The summed E-state index contributed by atoms with van der Waals surface area (Å²) in [5, 5.41) is 13.0.